The molecule has 2 atom stereocenters. The Kier molecular flexibility index (Phi) is 5.44. The molecule has 1 heterocycles. The molecule has 24 heavy (non-hydrogen) atoms. The minimum Gasteiger partial charge on any atom is -0.353 e. The van der Waals surface area contributed by atoms with Crippen LogP contribution >= 0.6 is 11.6 Å². The van der Waals surface area contributed by atoms with E-state index in [2.05, 4.69) is 5.32 Å². The van der Waals surface area contributed by atoms with Gasteiger partial charge in [0.05, 0.1) is 12.0 Å². The van der Waals surface area contributed by atoms with Crippen molar-refractivity contribution in [1.29, 1.82) is 0 Å². The molecule has 0 spiro atoms. The summed E-state index contributed by atoms with van der Waals surface area (Å²) in [4.78, 5) is 27.1. The molecule has 130 valence electrons. The van der Waals surface area contributed by atoms with Crippen molar-refractivity contribution in [2.45, 2.75) is 57.5 Å². The highest BCUT2D eigenvalue weighted by Crippen LogP contribution is 2.37. The van der Waals surface area contributed by atoms with E-state index in [1.807, 2.05) is 36.1 Å². The third-order valence-electron chi connectivity index (χ3n) is 5.28. The summed E-state index contributed by atoms with van der Waals surface area (Å²) in [6, 6.07) is 7.62. The van der Waals surface area contributed by atoms with Crippen molar-refractivity contribution in [2.24, 2.45) is 5.92 Å². The molecule has 1 N–H and O–H groups in total. The van der Waals surface area contributed by atoms with Crippen LogP contribution in [0.3, 0.4) is 0 Å². The second kappa shape index (κ2) is 7.56. The van der Waals surface area contributed by atoms with E-state index < -0.39 is 0 Å². The number of carbonyl (C=O) groups is 2. The van der Waals surface area contributed by atoms with Crippen molar-refractivity contribution < 1.29 is 9.59 Å². The number of nitrogens with one attached hydrogen (secondary N) is 1. The van der Waals surface area contributed by atoms with Gasteiger partial charge in [0.25, 0.3) is 0 Å². The molecule has 0 radical (unpaired) electrons. The van der Waals surface area contributed by atoms with Crippen LogP contribution < -0.4 is 5.32 Å². The number of rotatable bonds is 4. The van der Waals surface area contributed by atoms with Crippen molar-refractivity contribution in [3.05, 3.63) is 34.9 Å². The second-order valence-electron chi connectivity index (χ2n) is 6.81. The zero-order valence-corrected chi connectivity index (χ0v) is 14.9. The lowest BCUT2D eigenvalue weighted by Crippen LogP contribution is -2.49. The van der Waals surface area contributed by atoms with Crippen LogP contribution in [0, 0.1) is 5.92 Å². The van der Waals surface area contributed by atoms with Crippen LogP contribution in [0.15, 0.2) is 24.3 Å². The van der Waals surface area contributed by atoms with E-state index >= 15 is 0 Å². The first-order chi connectivity index (χ1) is 11.6. The SMILES string of the molecule is CCN1C(=O)CC[C@@H](C(=O)NC2CCCC2)[C@@H]1c1cccc(Cl)c1. The first-order valence-corrected chi connectivity index (χ1v) is 9.33. The molecule has 1 aromatic carbocycles. The summed E-state index contributed by atoms with van der Waals surface area (Å²) in [5, 5.41) is 3.85. The van der Waals surface area contributed by atoms with Crippen LogP contribution in [0.5, 0.6) is 0 Å². The van der Waals surface area contributed by atoms with Gasteiger partial charge in [-0.15, -0.1) is 0 Å². The molecule has 1 aromatic rings. The Balaban J connectivity index is 1.86. The Labute approximate surface area is 148 Å². The van der Waals surface area contributed by atoms with Crippen molar-refractivity contribution in [1.82, 2.24) is 10.2 Å². The van der Waals surface area contributed by atoms with Gasteiger partial charge in [-0.25, -0.2) is 0 Å². The summed E-state index contributed by atoms with van der Waals surface area (Å²) in [5.41, 5.74) is 0.948. The molecule has 1 saturated heterocycles. The summed E-state index contributed by atoms with van der Waals surface area (Å²) < 4.78 is 0. The van der Waals surface area contributed by atoms with E-state index in [-0.39, 0.29) is 23.8 Å². The van der Waals surface area contributed by atoms with Crippen molar-refractivity contribution in [3.63, 3.8) is 0 Å². The summed E-state index contributed by atoms with van der Waals surface area (Å²) in [5.74, 6) is -0.00747. The molecule has 1 saturated carbocycles. The molecule has 2 fully saturated rings. The second-order valence-corrected chi connectivity index (χ2v) is 7.25. The molecule has 2 amide bonds. The van der Waals surface area contributed by atoms with Gasteiger partial charge < -0.3 is 10.2 Å². The number of likely N-dealkylation sites (tertiary alicyclic amines) is 1. The Morgan fingerprint density at radius 3 is 2.71 bits per heavy atom. The molecule has 1 aliphatic heterocycles. The number of benzene rings is 1. The van der Waals surface area contributed by atoms with Gasteiger partial charge in [-0.3, -0.25) is 9.59 Å². The fourth-order valence-electron chi connectivity index (χ4n) is 4.08. The maximum atomic E-state index is 12.9. The largest absolute Gasteiger partial charge is 0.353 e. The predicted octanol–water partition coefficient (Wildman–Crippen LogP) is 3.70. The standard InChI is InChI=1S/C19H25ClN2O2/c1-2-22-17(23)11-10-16(19(24)21-15-8-3-4-9-15)18(22)13-6-5-7-14(20)12-13/h5-7,12,15-16,18H,2-4,8-11H2,1H3,(H,21,24)/t16-,18+/m1/s1. The maximum Gasteiger partial charge on any atom is 0.225 e. The van der Waals surface area contributed by atoms with E-state index in [0.717, 1.165) is 18.4 Å². The van der Waals surface area contributed by atoms with Crippen LogP contribution in [0.4, 0.5) is 0 Å². The fourth-order valence-corrected chi connectivity index (χ4v) is 4.28. The highest BCUT2D eigenvalue weighted by molar-refractivity contribution is 6.30. The van der Waals surface area contributed by atoms with Gasteiger partial charge in [0, 0.05) is 24.0 Å². The number of amides is 2. The van der Waals surface area contributed by atoms with Crippen LogP contribution in [0.25, 0.3) is 0 Å². The Hall–Kier alpha value is -1.55. The molecule has 0 unspecified atom stereocenters. The topological polar surface area (TPSA) is 49.4 Å². The summed E-state index contributed by atoms with van der Waals surface area (Å²) >= 11 is 6.15. The monoisotopic (exact) mass is 348 g/mol. The normalized spacial score (nSPS) is 25.1. The molecule has 5 heteroatoms. The van der Waals surface area contributed by atoms with Gasteiger partial charge in [0.1, 0.15) is 0 Å². The number of hydrogen-bond acceptors (Lipinski definition) is 2. The fraction of sp³-hybridized carbons (Fsp3) is 0.579. The summed E-state index contributed by atoms with van der Waals surface area (Å²) in [6.07, 6.45) is 5.55. The molecular weight excluding hydrogens is 324 g/mol. The molecule has 4 nitrogen and oxygen atoms in total. The average molecular weight is 349 g/mol. The van der Waals surface area contributed by atoms with Gasteiger partial charge in [-0.05, 0) is 43.9 Å². The minimum atomic E-state index is -0.226. The van der Waals surface area contributed by atoms with Gasteiger partial charge >= 0.3 is 0 Å². The van der Waals surface area contributed by atoms with Gasteiger partial charge in [0.2, 0.25) is 11.8 Å². The van der Waals surface area contributed by atoms with E-state index in [1.54, 1.807) is 0 Å². The summed E-state index contributed by atoms with van der Waals surface area (Å²) in [6.45, 7) is 2.57. The smallest absolute Gasteiger partial charge is 0.225 e. The highest BCUT2D eigenvalue weighted by Gasteiger charge is 2.40. The zero-order valence-electron chi connectivity index (χ0n) is 14.1. The van der Waals surface area contributed by atoms with Gasteiger partial charge in [-0.1, -0.05) is 36.6 Å². The first kappa shape index (κ1) is 17.3. The lowest BCUT2D eigenvalue weighted by atomic mass is 9.83. The maximum absolute atomic E-state index is 12.9. The van der Waals surface area contributed by atoms with E-state index in [9.17, 15) is 9.59 Å². The molecule has 1 aliphatic carbocycles. The quantitative estimate of drug-likeness (QED) is 0.902. The van der Waals surface area contributed by atoms with Crippen molar-refractivity contribution >= 4 is 23.4 Å². The molecule has 0 aromatic heterocycles. The number of hydrogen-bond donors (Lipinski definition) is 1. The lowest BCUT2D eigenvalue weighted by molar-refractivity contribution is -0.143. The molecule has 0 bridgehead atoms. The zero-order chi connectivity index (χ0) is 17.1. The summed E-state index contributed by atoms with van der Waals surface area (Å²) in [7, 11) is 0. The lowest BCUT2D eigenvalue weighted by Gasteiger charge is -2.40. The number of carbonyl (C=O) groups excluding carboxylic acids is 2. The van der Waals surface area contributed by atoms with Crippen LogP contribution in [0.2, 0.25) is 5.02 Å². The van der Waals surface area contributed by atoms with Gasteiger partial charge in [-0.2, -0.15) is 0 Å². The van der Waals surface area contributed by atoms with E-state index in [0.29, 0.717) is 30.5 Å². The molecular formula is C19H25ClN2O2. The average Bonchev–Trinajstić information content (AvgIpc) is 3.07. The third-order valence-corrected chi connectivity index (χ3v) is 5.51. The number of nitrogens with zero attached hydrogens (tertiary/aromatic N) is 1. The number of halogens is 1. The Morgan fingerprint density at radius 2 is 2.04 bits per heavy atom. The first-order valence-electron chi connectivity index (χ1n) is 8.95. The predicted molar refractivity (Wildman–Crippen MR) is 94.7 cm³/mol. The van der Waals surface area contributed by atoms with Crippen molar-refractivity contribution in [3.8, 4) is 0 Å². The van der Waals surface area contributed by atoms with Crippen LogP contribution in [0.1, 0.15) is 57.1 Å². The van der Waals surface area contributed by atoms with E-state index in [4.69, 9.17) is 11.6 Å². The van der Waals surface area contributed by atoms with Crippen molar-refractivity contribution in [2.75, 3.05) is 6.54 Å². The Morgan fingerprint density at radius 1 is 1.29 bits per heavy atom. The molecule has 2 aliphatic rings. The minimum absolute atomic E-state index is 0.0813. The van der Waals surface area contributed by atoms with Crippen LogP contribution in [-0.2, 0) is 9.59 Å². The van der Waals surface area contributed by atoms with E-state index in [1.165, 1.54) is 12.8 Å². The van der Waals surface area contributed by atoms with Gasteiger partial charge in [0.15, 0.2) is 0 Å². The third kappa shape index (κ3) is 3.59. The number of piperidine rings is 1. The highest BCUT2D eigenvalue weighted by atomic mass is 35.5. The molecule has 3 rings (SSSR count). The van der Waals surface area contributed by atoms with Crippen LogP contribution in [-0.4, -0.2) is 29.3 Å². The Bertz CT molecular complexity index is 613.